The van der Waals surface area contributed by atoms with Crippen molar-refractivity contribution in [3.8, 4) is 6.07 Å². The van der Waals surface area contributed by atoms with Crippen LogP contribution in [0.3, 0.4) is 0 Å². The van der Waals surface area contributed by atoms with Gasteiger partial charge in [0.25, 0.3) is 5.91 Å². The van der Waals surface area contributed by atoms with Gasteiger partial charge in [0.05, 0.1) is 0 Å². The van der Waals surface area contributed by atoms with Crippen LogP contribution in [0.4, 0.5) is 5.69 Å². The molecule has 0 aliphatic rings. The highest BCUT2D eigenvalue weighted by molar-refractivity contribution is 6.09. The fraction of sp³-hybridized carbons (Fsp3) is 0. The summed E-state index contributed by atoms with van der Waals surface area (Å²) in [5.41, 5.74) is 1.57. The van der Waals surface area contributed by atoms with Crippen molar-refractivity contribution in [1.82, 2.24) is 0 Å². The monoisotopic (exact) mass is 248 g/mol. The van der Waals surface area contributed by atoms with Crippen LogP contribution in [0.1, 0.15) is 5.56 Å². The van der Waals surface area contributed by atoms with Crippen LogP contribution in [0.25, 0.3) is 6.08 Å². The van der Waals surface area contributed by atoms with Crippen LogP contribution >= 0.6 is 0 Å². The van der Waals surface area contributed by atoms with Crippen molar-refractivity contribution in [2.24, 2.45) is 0 Å². The molecule has 0 unspecified atom stereocenters. The van der Waals surface area contributed by atoms with E-state index in [1.165, 1.54) is 0 Å². The second-order valence-corrected chi connectivity index (χ2v) is 3.90. The van der Waals surface area contributed by atoms with E-state index in [4.69, 9.17) is 5.26 Å². The normalized spacial score (nSPS) is 10.6. The van der Waals surface area contributed by atoms with Crippen molar-refractivity contribution in [3.63, 3.8) is 0 Å². The highest BCUT2D eigenvalue weighted by atomic mass is 16.1. The Bertz CT molecular complexity index is 625. The fourth-order valence-corrected chi connectivity index (χ4v) is 1.58. The lowest BCUT2D eigenvalue weighted by molar-refractivity contribution is -0.112. The third kappa shape index (κ3) is 3.55. The Hall–Kier alpha value is -2.86. The van der Waals surface area contributed by atoms with Gasteiger partial charge in [-0.05, 0) is 23.8 Å². The summed E-state index contributed by atoms with van der Waals surface area (Å²) in [6.45, 7) is 0. The maximum atomic E-state index is 11.9. The van der Waals surface area contributed by atoms with Gasteiger partial charge < -0.3 is 5.32 Å². The topological polar surface area (TPSA) is 52.9 Å². The quantitative estimate of drug-likeness (QED) is 0.669. The van der Waals surface area contributed by atoms with Gasteiger partial charge in [0.15, 0.2) is 0 Å². The zero-order valence-corrected chi connectivity index (χ0v) is 10.2. The lowest BCUT2D eigenvalue weighted by Crippen LogP contribution is -2.13. The van der Waals surface area contributed by atoms with Crippen LogP contribution in [0, 0.1) is 11.3 Å². The highest BCUT2D eigenvalue weighted by Gasteiger charge is 2.08. The Morgan fingerprint density at radius 1 is 1.00 bits per heavy atom. The Morgan fingerprint density at radius 2 is 1.58 bits per heavy atom. The van der Waals surface area contributed by atoms with Gasteiger partial charge in [-0.25, -0.2) is 0 Å². The van der Waals surface area contributed by atoms with E-state index in [9.17, 15) is 4.79 Å². The number of carbonyl (C=O) groups excluding carboxylic acids is 1. The van der Waals surface area contributed by atoms with Crippen LogP contribution in [-0.4, -0.2) is 5.91 Å². The molecule has 0 fully saturated rings. The summed E-state index contributed by atoms with van der Waals surface area (Å²) in [4.78, 5) is 11.9. The molecule has 0 aliphatic carbocycles. The molecule has 2 aromatic carbocycles. The molecule has 0 heterocycles. The van der Waals surface area contributed by atoms with Gasteiger partial charge in [-0.1, -0.05) is 48.5 Å². The van der Waals surface area contributed by atoms with Crippen LogP contribution in [0.5, 0.6) is 0 Å². The van der Waals surface area contributed by atoms with Gasteiger partial charge >= 0.3 is 0 Å². The van der Waals surface area contributed by atoms with E-state index in [-0.39, 0.29) is 5.57 Å². The van der Waals surface area contributed by atoms with Crippen molar-refractivity contribution in [3.05, 3.63) is 71.8 Å². The van der Waals surface area contributed by atoms with E-state index in [1.54, 1.807) is 18.2 Å². The average Bonchev–Trinajstić information content (AvgIpc) is 2.47. The number of nitrogens with zero attached hydrogens (tertiary/aromatic N) is 1. The zero-order valence-electron chi connectivity index (χ0n) is 10.2. The van der Waals surface area contributed by atoms with E-state index in [0.717, 1.165) is 5.56 Å². The zero-order chi connectivity index (χ0) is 13.5. The number of nitrogens with one attached hydrogen (secondary N) is 1. The van der Waals surface area contributed by atoms with E-state index in [1.807, 2.05) is 54.6 Å². The van der Waals surface area contributed by atoms with Crippen molar-refractivity contribution in [2.45, 2.75) is 0 Å². The molecule has 0 aromatic heterocycles. The summed E-state index contributed by atoms with van der Waals surface area (Å²) >= 11 is 0. The molecular formula is C16H12N2O. The Morgan fingerprint density at radius 3 is 2.16 bits per heavy atom. The molecule has 1 amide bonds. The van der Waals surface area contributed by atoms with Crippen molar-refractivity contribution in [1.29, 1.82) is 5.26 Å². The Labute approximate surface area is 111 Å². The summed E-state index contributed by atoms with van der Waals surface area (Å²) in [5.74, 6) is -0.405. The first-order valence-electron chi connectivity index (χ1n) is 5.83. The van der Waals surface area contributed by atoms with E-state index >= 15 is 0 Å². The fourth-order valence-electron chi connectivity index (χ4n) is 1.58. The molecule has 2 aromatic rings. The minimum Gasteiger partial charge on any atom is -0.321 e. The lowest BCUT2D eigenvalue weighted by Gasteiger charge is -2.03. The molecule has 92 valence electrons. The molecule has 0 aliphatic heterocycles. The first kappa shape index (κ1) is 12.6. The second kappa shape index (κ2) is 6.18. The minimum absolute atomic E-state index is 0.0788. The molecule has 0 radical (unpaired) electrons. The van der Waals surface area contributed by atoms with E-state index in [2.05, 4.69) is 5.32 Å². The molecule has 2 rings (SSSR count). The number of hydrogen-bond donors (Lipinski definition) is 1. The highest BCUT2D eigenvalue weighted by Crippen LogP contribution is 2.10. The standard InChI is InChI=1S/C16H12N2O/c17-12-14(11-13-7-3-1-4-8-13)16(19)18-15-9-5-2-6-10-15/h1-11H,(H,18,19)/b14-11-. The number of benzene rings is 2. The number of para-hydroxylation sites is 1. The van der Waals surface area contributed by atoms with Crippen molar-refractivity contribution < 1.29 is 4.79 Å². The number of nitriles is 1. The summed E-state index contributed by atoms with van der Waals surface area (Å²) in [7, 11) is 0. The van der Waals surface area contributed by atoms with Gasteiger partial charge in [-0.3, -0.25) is 4.79 Å². The van der Waals surface area contributed by atoms with E-state index < -0.39 is 5.91 Å². The van der Waals surface area contributed by atoms with Gasteiger partial charge in [-0.2, -0.15) is 5.26 Å². The third-order valence-corrected chi connectivity index (χ3v) is 2.51. The predicted molar refractivity (Wildman–Crippen MR) is 75.1 cm³/mol. The molecule has 3 heteroatoms. The maximum Gasteiger partial charge on any atom is 0.266 e. The first-order valence-corrected chi connectivity index (χ1v) is 5.83. The van der Waals surface area contributed by atoms with Crippen molar-refractivity contribution >= 4 is 17.7 Å². The molecule has 0 saturated heterocycles. The predicted octanol–water partition coefficient (Wildman–Crippen LogP) is 3.23. The third-order valence-electron chi connectivity index (χ3n) is 2.51. The molecule has 0 atom stereocenters. The average molecular weight is 248 g/mol. The number of amides is 1. The summed E-state index contributed by atoms with van der Waals surface area (Å²) in [6.07, 6.45) is 1.57. The molecule has 0 saturated carbocycles. The molecule has 1 N–H and O–H groups in total. The summed E-state index contributed by atoms with van der Waals surface area (Å²) in [6, 6.07) is 20.2. The Kier molecular flexibility index (Phi) is 4.09. The Balaban J connectivity index is 2.17. The van der Waals surface area contributed by atoms with Gasteiger partial charge in [0.1, 0.15) is 11.6 Å². The van der Waals surface area contributed by atoms with E-state index in [0.29, 0.717) is 5.69 Å². The van der Waals surface area contributed by atoms with Gasteiger partial charge in [-0.15, -0.1) is 0 Å². The number of hydrogen-bond acceptors (Lipinski definition) is 2. The number of anilines is 1. The van der Waals surface area contributed by atoms with Gasteiger partial charge in [0.2, 0.25) is 0 Å². The number of rotatable bonds is 3. The summed E-state index contributed by atoms with van der Waals surface area (Å²) < 4.78 is 0. The first-order chi connectivity index (χ1) is 9.29. The molecule has 19 heavy (non-hydrogen) atoms. The molecular weight excluding hydrogens is 236 g/mol. The molecule has 0 spiro atoms. The minimum atomic E-state index is -0.405. The molecule has 3 nitrogen and oxygen atoms in total. The van der Waals surface area contributed by atoms with Crippen LogP contribution in [-0.2, 0) is 4.79 Å². The van der Waals surface area contributed by atoms with Gasteiger partial charge in [0, 0.05) is 5.69 Å². The van der Waals surface area contributed by atoms with Crippen LogP contribution in [0.2, 0.25) is 0 Å². The summed E-state index contributed by atoms with van der Waals surface area (Å²) in [5, 5.41) is 11.7. The van der Waals surface area contributed by atoms with Crippen LogP contribution in [0.15, 0.2) is 66.2 Å². The second-order valence-electron chi connectivity index (χ2n) is 3.90. The largest absolute Gasteiger partial charge is 0.321 e. The SMILES string of the molecule is N#C/C(=C/c1ccccc1)C(=O)Nc1ccccc1. The molecule has 0 bridgehead atoms. The lowest BCUT2D eigenvalue weighted by atomic mass is 10.1. The number of carbonyl (C=O) groups is 1. The maximum absolute atomic E-state index is 11.9. The van der Waals surface area contributed by atoms with Crippen molar-refractivity contribution in [2.75, 3.05) is 5.32 Å². The smallest absolute Gasteiger partial charge is 0.266 e. The van der Waals surface area contributed by atoms with Crippen LogP contribution < -0.4 is 5.32 Å².